The summed E-state index contributed by atoms with van der Waals surface area (Å²) >= 11 is 0. The van der Waals surface area contributed by atoms with E-state index in [1.807, 2.05) is 6.92 Å². The fourth-order valence-corrected chi connectivity index (χ4v) is 9.51. The molecule has 2 aliphatic carbocycles. The molecule has 318 valence electrons. The number of alkyl halides is 3. The fraction of sp³-hybridized carbons (Fsp3) is 0.615. The van der Waals surface area contributed by atoms with E-state index in [0.717, 1.165) is 11.0 Å². The van der Waals surface area contributed by atoms with Gasteiger partial charge in [-0.3, -0.25) is 24.0 Å². The number of hydrogen-bond donors (Lipinski definition) is 3. The standard InChI is InChI=1S/C39H49F4N5O9S/c1-6-56-30-16-23-13-14-44-33(27(23)18-28(30)40)57-25-17-29-32(49)45-38(35(51)46-58(54,55)26-11-12-26)19-24(38)10-8-7-9-21(2)15-22(3)31(34(50)47(29)20-25)48(36(52)53)37(4,5)39(41,42)43/h8,10,13-14,16,18,21-22,24-26,29,31H,6-7,9,11-12,15,17,19-20H2,1-5H3,(H,45,49)(H,46,51)(H,52,53)/b10-8-/t21-,22+,24+,25+,29-,31-,38+/m0/s1. The van der Waals surface area contributed by atoms with Crippen molar-refractivity contribution in [2.45, 2.75) is 120 Å². The van der Waals surface area contributed by atoms with Gasteiger partial charge in [-0.2, -0.15) is 13.2 Å². The van der Waals surface area contributed by atoms with Crippen LogP contribution in [-0.2, 0) is 24.4 Å². The number of carboxylic acid groups (broad SMARTS) is 1. The highest BCUT2D eigenvalue weighted by Gasteiger charge is 2.63. The number of amides is 4. The first kappa shape index (κ1) is 42.9. The molecule has 2 aromatic rings. The second-order valence-electron chi connectivity index (χ2n) is 16.5. The third-order valence-corrected chi connectivity index (χ3v) is 13.5. The summed E-state index contributed by atoms with van der Waals surface area (Å²) in [7, 11) is -4.05. The van der Waals surface area contributed by atoms with Crippen LogP contribution < -0.4 is 19.5 Å². The Kier molecular flexibility index (Phi) is 11.7. The van der Waals surface area contributed by atoms with Crippen LogP contribution in [0.2, 0.25) is 0 Å². The molecular formula is C39H49F4N5O9S. The van der Waals surface area contributed by atoms with Crippen LogP contribution in [0, 0.1) is 23.6 Å². The lowest BCUT2D eigenvalue weighted by atomic mass is 9.85. The number of halogens is 4. The van der Waals surface area contributed by atoms with Gasteiger partial charge >= 0.3 is 12.3 Å². The van der Waals surface area contributed by atoms with E-state index in [4.69, 9.17) is 9.47 Å². The second-order valence-corrected chi connectivity index (χ2v) is 18.4. The molecule has 2 aliphatic heterocycles. The number of benzene rings is 1. The zero-order valence-electron chi connectivity index (χ0n) is 32.8. The van der Waals surface area contributed by atoms with Gasteiger partial charge in [-0.1, -0.05) is 26.0 Å². The molecule has 0 bridgehead atoms. The van der Waals surface area contributed by atoms with Gasteiger partial charge in [0.15, 0.2) is 11.6 Å². The Morgan fingerprint density at radius 3 is 2.48 bits per heavy atom. The summed E-state index contributed by atoms with van der Waals surface area (Å²) in [6.45, 7) is 6.10. The van der Waals surface area contributed by atoms with Gasteiger partial charge in [0.2, 0.25) is 27.7 Å². The summed E-state index contributed by atoms with van der Waals surface area (Å²) in [5, 5.41) is 13.1. The maximum Gasteiger partial charge on any atom is 0.411 e. The molecule has 2 saturated carbocycles. The van der Waals surface area contributed by atoms with Crippen LogP contribution >= 0.6 is 0 Å². The quantitative estimate of drug-likeness (QED) is 0.221. The molecule has 3 heterocycles. The van der Waals surface area contributed by atoms with E-state index < -0.39 is 98.7 Å². The summed E-state index contributed by atoms with van der Waals surface area (Å²) in [5.74, 6) is -5.64. The Hall–Kier alpha value is -4.68. The Balaban J connectivity index is 1.42. The molecule has 7 atom stereocenters. The van der Waals surface area contributed by atoms with E-state index in [1.165, 1.54) is 19.2 Å². The Morgan fingerprint density at radius 1 is 1.14 bits per heavy atom. The topological polar surface area (TPSA) is 185 Å². The molecule has 19 heteroatoms. The third kappa shape index (κ3) is 8.41. The van der Waals surface area contributed by atoms with Crippen molar-refractivity contribution in [2.24, 2.45) is 17.8 Å². The fourth-order valence-electron chi connectivity index (χ4n) is 8.15. The lowest BCUT2D eigenvalue weighted by molar-refractivity contribution is -0.222. The van der Waals surface area contributed by atoms with E-state index in [2.05, 4.69) is 15.0 Å². The number of nitrogens with one attached hydrogen (secondary N) is 2. The van der Waals surface area contributed by atoms with Gasteiger partial charge in [-0.05, 0) is 94.7 Å². The van der Waals surface area contributed by atoms with Crippen LogP contribution in [-0.4, -0.2) is 106 Å². The van der Waals surface area contributed by atoms with Crippen molar-refractivity contribution in [3.63, 3.8) is 0 Å². The maximum absolute atomic E-state index is 15.1. The minimum Gasteiger partial charge on any atom is -0.491 e. The highest BCUT2D eigenvalue weighted by atomic mass is 32.2. The van der Waals surface area contributed by atoms with Crippen LogP contribution in [0.25, 0.3) is 10.8 Å². The van der Waals surface area contributed by atoms with Crippen molar-refractivity contribution < 1.29 is 59.7 Å². The SMILES string of the molecule is CCOc1cc2ccnc(O[C@@H]3C[C@H]4C(=O)N[C@]5(C(=O)NS(=O)(=O)C6CC6)C[C@H]5/C=C\CC[C@H](C)C[C@@H](C)[C@H](N(C(=O)O)C(C)(C)C(F)(F)F)C(=O)N4C3)c2cc1F. The van der Waals surface area contributed by atoms with Crippen molar-refractivity contribution in [2.75, 3.05) is 13.2 Å². The van der Waals surface area contributed by atoms with E-state index in [1.54, 1.807) is 25.1 Å². The molecule has 1 aromatic heterocycles. The molecule has 4 amide bonds. The maximum atomic E-state index is 15.1. The van der Waals surface area contributed by atoms with Gasteiger partial charge in [-0.25, -0.2) is 22.6 Å². The molecular weight excluding hydrogens is 791 g/mol. The number of allylic oxidation sites excluding steroid dienone is 1. The molecule has 14 nitrogen and oxygen atoms in total. The number of sulfonamides is 1. The summed E-state index contributed by atoms with van der Waals surface area (Å²) in [4.78, 5) is 61.4. The average Bonchev–Trinajstić information content (AvgIpc) is 4.05. The van der Waals surface area contributed by atoms with Crippen molar-refractivity contribution >= 4 is 44.6 Å². The van der Waals surface area contributed by atoms with Crippen molar-refractivity contribution in [3.8, 4) is 11.6 Å². The van der Waals surface area contributed by atoms with Crippen LogP contribution in [0.15, 0.2) is 36.5 Å². The van der Waals surface area contributed by atoms with Crippen LogP contribution in [0.1, 0.15) is 79.6 Å². The summed E-state index contributed by atoms with van der Waals surface area (Å²) in [5.41, 5.74) is -4.80. The van der Waals surface area contributed by atoms with Gasteiger partial charge in [-0.15, -0.1) is 0 Å². The minimum absolute atomic E-state index is 0.0171. The smallest absolute Gasteiger partial charge is 0.411 e. The predicted octanol–water partition coefficient (Wildman–Crippen LogP) is 5.31. The summed E-state index contributed by atoms with van der Waals surface area (Å²) in [6, 6.07) is 0.705. The van der Waals surface area contributed by atoms with Crippen molar-refractivity contribution in [1.82, 2.24) is 24.8 Å². The molecule has 4 aliphatic rings. The molecule has 6 rings (SSSR count). The van der Waals surface area contributed by atoms with E-state index in [9.17, 15) is 45.9 Å². The Morgan fingerprint density at radius 2 is 1.84 bits per heavy atom. The van der Waals surface area contributed by atoms with E-state index in [0.29, 0.717) is 44.9 Å². The van der Waals surface area contributed by atoms with Gasteiger partial charge in [0, 0.05) is 23.9 Å². The minimum atomic E-state index is -5.12. The second kappa shape index (κ2) is 15.8. The lowest BCUT2D eigenvalue weighted by Gasteiger charge is -2.45. The molecule has 0 radical (unpaired) electrons. The monoisotopic (exact) mass is 839 g/mol. The van der Waals surface area contributed by atoms with Gasteiger partial charge in [0.1, 0.15) is 29.3 Å². The highest BCUT2D eigenvalue weighted by Crippen LogP contribution is 2.47. The Bertz CT molecular complexity index is 2100. The largest absolute Gasteiger partial charge is 0.491 e. The molecule has 3 fully saturated rings. The van der Waals surface area contributed by atoms with Gasteiger partial charge < -0.3 is 24.8 Å². The predicted molar refractivity (Wildman–Crippen MR) is 202 cm³/mol. The number of aromatic nitrogens is 1. The number of rotatable bonds is 9. The zero-order chi connectivity index (χ0) is 42.5. The van der Waals surface area contributed by atoms with Gasteiger partial charge in [0.05, 0.1) is 18.4 Å². The summed E-state index contributed by atoms with van der Waals surface area (Å²) < 4.78 is 98.5. The van der Waals surface area contributed by atoms with E-state index >= 15 is 4.39 Å². The molecule has 0 unspecified atom stereocenters. The highest BCUT2D eigenvalue weighted by molar-refractivity contribution is 7.91. The molecule has 1 aromatic carbocycles. The number of carbonyl (C=O) groups is 4. The lowest BCUT2D eigenvalue weighted by Crippen LogP contribution is -2.66. The van der Waals surface area contributed by atoms with E-state index in [-0.39, 0.29) is 53.7 Å². The van der Waals surface area contributed by atoms with Crippen LogP contribution in [0.4, 0.5) is 22.4 Å². The first-order valence-electron chi connectivity index (χ1n) is 19.4. The average molecular weight is 840 g/mol. The third-order valence-electron chi connectivity index (χ3n) is 11.7. The summed E-state index contributed by atoms with van der Waals surface area (Å²) in [6.07, 6.45) is -1.81. The molecule has 1 saturated heterocycles. The van der Waals surface area contributed by atoms with Crippen LogP contribution in [0.5, 0.6) is 11.6 Å². The van der Waals surface area contributed by atoms with Crippen LogP contribution in [0.3, 0.4) is 0 Å². The normalized spacial score (nSPS) is 28.9. The number of pyridine rings is 1. The van der Waals surface area contributed by atoms with Gasteiger partial charge in [0.25, 0.3) is 5.91 Å². The number of ether oxygens (including phenoxy) is 2. The number of hydrogen-bond acceptors (Lipinski definition) is 9. The Labute approximate surface area is 333 Å². The number of fused-ring (bicyclic) bond motifs is 3. The van der Waals surface area contributed by atoms with Crippen molar-refractivity contribution in [1.29, 1.82) is 0 Å². The molecule has 3 N–H and O–H groups in total. The molecule has 0 spiro atoms. The zero-order valence-corrected chi connectivity index (χ0v) is 33.7. The molecule has 58 heavy (non-hydrogen) atoms. The first-order chi connectivity index (χ1) is 27.1. The number of carbonyl (C=O) groups excluding carboxylic acids is 3. The number of nitrogens with zero attached hydrogens (tertiary/aromatic N) is 3. The first-order valence-corrected chi connectivity index (χ1v) is 21.0. The van der Waals surface area contributed by atoms with Crippen molar-refractivity contribution in [3.05, 3.63) is 42.4 Å².